The number of carbonyl (C=O) groups excluding carboxylic acids is 2. The largest absolute Gasteiger partial charge is 0.470 e. The Labute approximate surface area is 180 Å². The van der Waals surface area contributed by atoms with E-state index in [1.165, 1.54) is 18.3 Å². The molecule has 1 fully saturated rings. The van der Waals surface area contributed by atoms with Crippen LogP contribution in [-0.2, 0) is 11.2 Å². The molecule has 0 saturated carbocycles. The molecule has 6 heteroatoms. The molecule has 0 radical (unpaired) electrons. The van der Waals surface area contributed by atoms with E-state index < -0.39 is 5.82 Å². The van der Waals surface area contributed by atoms with Crippen molar-refractivity contribution in [2.24, 2.45) is 0 Å². The first kappa shape index (κ1) is 20.7. The van der Waals surface area contributed by atoms with Gasteiger partial charge in [-0.05, 0) is 42.8 Å². The Hall–Kier alpha value is -3.54. The van der Waals surface area contributed by atoms with Crippen molar-refractivity contribution >= 4 is 17.8 Å². The van der Waals surface area contributed by atoms with Gasteiger partial charge in [0.25, 0.3) is 5.88 Å². The van der Waals surface area contributed by atoms with Gasteiger partial charge in [0, 0.05) is 42.4 Å². The van der Waals surface area contributed by atoms with Gasteiger partial charge >= 0.3 is 0 Å². The fourth-order valence-electron chi connectivity index (χ4n) is 3.82. The number of aromatic nitrogens is 1. The lowest BCUT2D eigenvalue weighted by atomic mass is 9.98. The van der Waals surface area contributed by atoms with Crippen LogP contribution in [0, 0.1) is 12.7 Å². The van der Waals surface area contributed by atoms with Crippen LogP contribution in [0.15, 0.2) is 60.8 Å². The summed E-state index contributed by atoms with van der Waals surface area (Å²) in [5.74, 6) is -0.560. The molecular formula is C25H23FN2O3. The Morgan fingerprint density at radius 3 is 2.71 bits per heavy atom. The smallest absolute Gasteiger partial charge is 0.250 e. The van der Waals surface area contributed by atoms with Crippen molar-refractivity contribution in [2.75, 3.05) is 18.0 Å². The zero-order valence-corrected chi connectivity index (χ0v) is 17.3. The molecule has 0 unspecified atom stereocenters. The summed E-state index contributed by atoms with van der Waals surface area (Å²) in [5, 5.41) is 0. The van der Waals surface area contributed by atoms with Gasteiger partial charge in [-0.25, -0.2) is 9.37 Å². The number of rotatable bonds is 7. The molecule has 0 bridgehead atoms. The monoisotopic (exact) mass is 418 g/mol. The van der Waals surface area contributed by atoms with Crippen molar-refractivity contribution in [3.8, 4) is 5.88 Å². The highest BCUT2D eigenvalue weighted by Crippen LogP contribution is 2.29. The quantitative estimate of drug-likeness (QED) is 0.426. The molecule has 2 aromatic carbocycles. The molecule has 0 spiro atoms. The fraction of sp³-hybridized carbons (Fsp3) is 0.240. The molecule has 0 aliphatic carbocycles. The van der Waals surface area contributed by atoms with Crippen molar-refractivity contribution < 1.29 is 18.7 Å². The van der Waals surface area contributed by atoms with E-state index in [-0.39, 0.29) is 24.2 Å². The Bertz CT molecular complexity index is 1100. The van der Waals surface area contributed by atoms with Crippen LogP contribution in [0.5, 0.6) is 5.88 Å². The topological polar surface area (TPSA) is 59.5 Å². The SMILES string of the molecule is Cc1ccc(C(=O)c2ccc(N3CC[C@H](Oc4ncccc4F)C3)c(CC=O)c2)cc1. The zero-order chi connectivity index (χ0) is 21.8. The van der Waals surface area contributed by atoms with Gasteiger partial charge in [0.1, 0.15) is 12.4 Å². The molecular weight excluding hydrogens is 395 g/mol. The minimum atomic E-state index is -0.485. The van der Waals surface area contributed by atoms with Gasteiger partial charge in [0.2, 0.25) is 0 Å². The van der Waals surface area contributed by atoms with E-state index in [0.29, 0.717) is 30.6 Å². The molecule has 1 saturated heterocycles. The highest BCUT2D eigenvalue weighted by atomic mass is 19.1. The third-order valence-corrected chi connectivity index (χ3v) is 5.45. The maximum absolute atomic E-state index is 13.8. The van der Waals surface area contributed by atoms with Crippen LogP contribution in [0.4, 0.5) is 10.1 Å². The first-order valence-corrected chi connectivity index (χ1v) is 10.2. The summed E-state index contributed by atoms with van der Waals surface area (Å²) >= 11 is 0. The van der Waals surface area contributed by atoms with Gasteiger partial charge in [-0.2, -0.15) is 0 Å². The number of ketones is 1. The zero-order valence-electron chi connectivity index (χ0n) is 17.3. The minimum Gasteiger partial charge on any atom is -0.470 e. The van der Waals surface area contributed by atoms with E-state index in [9.17, 15) is 14.0 Å². The van der Waals surface area contributed by atoms with Crippen molar-refractivity contribution in [3.05, 3.63) is 88.9 Å². The van der Waals surface area contributed by atoms with Crippen LogP contribution in [0.2, 0.25) is 0 Å². The molecule has 0 amide bonds. The third-order valence-electron chi connectivity index (χ3n) is 5.45. The average molecular weight is 418 g/mol. The van der Waals surface area contributed by atoms with Gasteiger partial charge in [-0.1, -0.05) is 29.8 Å². The number of carbonyl (C=O) groups is 2. The Balaban J connectivity index is 1.53. The van der Waals surface area contributed by atoms with Crippen LogP contribution in [0.1, 0.15) is 33.5 Å². The van der Waals surface area contributed by atoms with Gasteiger partial charge in [-0.3, -0.25) is 4.79 Å². The maximum atomic E-state index is 13.8. The lowest BCUT2D eigenvalue weighted by molar-refractivity contribution is -0.107. The molecule has 1 aliphatic heterocycles. The molecule has 31 heavy (non-hydrogen) atoms. The van der Waals surface area contributed by atoms with Gasteiger partial charge in [0.15, 0.2) is 11.6 Å². The summed E-state index contributed by atoms with van der Waals surface area (Å²) in [6, 6.07) is 15.7. The van der Waals surface area contributed by atoms with E-state index >= 15 is 0 Å². The van der Waals surface area contributed by atoms with E-state index in [0.717, 1.165) is 23.1 Å². The molecule has 1 atom stereocenters. The number of hydrogen-bond donors (Lipinski definition) is 0. The lowest BCUT2D eigenvalue weighted by Gasteiger charge is -2.22. The number of nitrogens with zero attached hydrogens (tertiary/aromatic N) is 2. The maximum Gasteiger partial charge on any atom is 0.250 e. The minimum absolute atomic E-state index is 0.00140. The molecule has 2 heterocycles. The van der Waals surface area contributed by atoms with Crippen molar-refractivity contribution in [3.63, 3.8) is 0 Å². The second kappa shape index (κ2) is 9.08. The summed E-state index contributed by atoms with van der Waals surface area (Å²) < 4.78 is 19.6. The van der Waals surface area contributed by atoms with Crippen LogP contribution in [0.25, 0.3) is 0 Å². The van der Waals surface area contributed by atoms with E-state index in [4.69, 9.17) is 4.74 Å². The Kier molecular flexibility index (Phi) is 6.07. The average Bonchev–Trinajstić information content (AvgIpc) is 3.24. The summed E-state index contributed by atoms with van der Waals surface area (Å²) in [6.07, 6.45) is 3.05. The Morgan fingerprint density at radius 2 is 1.97 bits per heavy atom. The first-order valence-electron chi connectivity index (χ1n) is 10.2. The molecule has 158 valence electrons. The number of aryl methyl sites for hydroxylation is 1. The number of ether oxygens (including phenoxy) is 1. The molecule has 1 aliphatic rings. The lowest BCUT2D eigenvalue weighted by Crippen LogP contribution is -2.26. The fourth-order valence-corrected chi connectivity index (χ4v) is 3.82. The molecule has 5 nitrogen and oxygen atoms in total. The third kappa shape index (κ3) is 4.63. The summed E-state index contributed by atoms with van der Waals surface area (Å²) in [7, 11) is 0. The van der Waals surface area contributed by atoms with Crippen molar-refractivity contribution in [1.29, 1.82) is 0 Å². The van der Waals surface area contributed by atoms with Crippen LogP contribution < -0.4 is 9.64 Å². The summed E-state index contributed by atoms with van der Waals surface area (Å²) in [6.45, 7) is 3.23. The standard InChI is InChI=1S/C25H23FN2O3/c1-17-4-6-18(7-5-17)24(30)20-8-9-23(19(15-20)11-14-29)28-13-10-21(16-28)31-25-22(26)3-2-12-27-25/h2-9,12,14-15,21H,10-11,13,16H2,1H3/t21-/m0/s1. The number of halogens is 1. The Morgan fingerprint density at radius 1 is 1.19 bits per heavy atom. The second-order valence-corrected chi connectivity index (χ2v) is 7.67. The van der Waals surface area contributed by atoms with E-state index in [2.05, 4.69) is 9.88 Å². The van der Waals surface area contributed by atoms with Crippen LogP contribution in [-0.4, -0.2) is 36.2 Å². The molecule has 3 aromatic rings. The predicted octanol–water partition coefficient (Wildman–Crippen LogP) is 4.16. The highest BCUT2D eigenvalue weighted by molar-refractivity contribution is 6.09. The van der Waals surface area contributed by atoms with Crippen molar-refractivity contribution in [1.82, 2.24) is 4.98 Å². The molecule has 4 rings (SSSR count). The number of pyridine rings is 1. The van der Waals surface area contributed by atoms with Crippen LogP contribution >= 0.6 is 0 Å². The van der Waals surface area contributed by atoms with E-state index in [1.807, 2.05) is 37.3 Å². The normalized spacial score (nSPS) is 15.7. The van der Waals surface area contributed by atoms with E-state index in [1.54, 1.807) is 12.1 Å². The summed E-state index contributed by atoms with van der Waals surface area (Å²) in [5.41, 5.74) is 3.93. The van der Waals surface area contributed by atoms with Crippen molar-refractivity contribution in [2.45, 2.75) is 25.9 Å². The highest BCUT2D eigenvalue weighted by Gasteiger charge is 2.27. The van der Waals surface area contributed by atoms with Gasteiger partial charge in [-0.15, -0.1) is 0 Å². The van der Waals surface area contributed by atoms with Crippen LogP contribution in [0.3, 0.4) is 0 Å². The second-order valence-electron chi connectivity index (χ2n) is 7.67. The summed E-state index contributed by atoms with van der Waals surface area (Å²) in [4.78, 5) is 30.2. The number of aldehydes is 1. The van der Waals surface area contributed by atoms with Gasteiger partial charge < -0.3 is 14.4 Å². The molecule has 0 N–H and O–H groups in total. The predicted molar refractivity (Wildman–Crippen MR) is 116 cm³/mol. The number of benzene rings is 2. The first-order chi connectivity index (χ1) is 15.0. The van der Waals surface area contributed by atoms with Gasteiger partial charge in [0.05, 0.1) is 6.54 Å². The number of hydrogen-bond acceptors (Lipinski definition) is 5. The number of anilines is 1. The molecule has 1 aromatic heterocycles.